The monoisotopic (exact) mass is 470 g/mol. The molecule has 0 unspecified atom stereocenters. The van der Waals surface area contributed by atoms with Gasteiger partial charge in [-0.1, -0.05) is 29.3 Å². The molecule has 1 aliphatic heterocycles. The van der Waals surface area contributed by atoms with Crippen LogP contribution >= 0.6 is 23.2 Å². The number of nitrogens with one attached hydrogen (secondary N) is 1. The maximum Gasteiger partial charge on any atom is 0.163 e. The molecule has 0 atom stereocenters. The summed E-state index contributed by atoms with van der Waals surface area (Å²) in [5, 5.41) is 4.33. The molecule has 0 aliphatic carbocycles. The number of morpholine rings is 1. The van der Waals surface area contributed by atoms with Crippen molar-refractivity contribution in [2.24, 2.45) is 0 Å². The van der Waals surface area contributed by atoms with Gasteiger partial charge in [-0.2, -0.15) is 0 Å². The maximum absolute atomic E-state index is 14.0. The lowest BCUT2D eigenvalue weighted by molar-refractivity contribution is 0.0374. The first-order valence-electron chi connectivity index (χ1n) is 10.6. The van der Waals surface area contributed by atoms with Gasteiger partial charge in [-0.3, -0.25) is 4.90 Å². The molecule has 3 rings (SSSR count). The SMILES string of the molecule is CCOc1cc(CNCCCN2CCOCC2)c(Cl)cc1OCc1c(F)cccc1Cl. The topological polar surface area (TPSA) is 43.0 Å². The summed E-state index contributed by atoms with van der Waals surface area (Å²) in [6, 6.07) is 8.14. The molecule has 0 radical (unpaired) electrons. The van der Waals surface area contributed by atoms with Crippen LogP contribution in [0.5, 0.6) is 11.5 Å². The normalized spacial score (nSPS) is 14.6. The average Bonchev–Trinajstić information content (AvgIpc) is 2.76. The quantitative estimate of drug-likeness (QED) is 0.472. The third-order valence-electron chi connectivity index (χ3n) is 5.09. The zero-order chi connectivity index (χ0) is 22.1. The van der Waals surface area contributed by atoms with Gasteiger partial charge in [-0.15, -0.1) is 0 Å². The lowest BCUT2D eigenvalue weighted by Crippen LogP contribution is -2.37. The van der Waals surface area contributed by atoms with Gasteiger partial charge in [0.1, 0.15) is 12.4 Å². The molecule has 2 aromatic carbocycles. The number of benzene rings is 2. The molecule has 31 heavy (non-hydrogen) atoms. The lowest BCUT2D eigenvalue weighted by Gasteiger charge is -2.26. The van der Waals surface area contributed by atoms with Gasteiger partial charge in [0, 0.05) is 36.3 Å². The Morgan fingerprint density at radius 2 is 1.87 bits per heavy atom. The van der Waals surface area contributed by atoms with E-state index in [2.05, 4.69) is 10.2 Å². The Kier molecular flexibility index (Phi) is 9.68. The van der Waals surface area contributed by atoms with E-state index in [0.29, 0.717) is 40.3 Å². The molecule has 0 aromatic heterocycles. The van der Waals surface area contributed by atoms with Gasteiger partial charge in [-0.25, -0.2) is 4.39 Å². The van der Waals surface area contributed by atoms with Gasteiger partial charge in [0.05, 0.1) is 24.8 Å². The van der Waals surface area contributed by atoms with Gasteiger partial charge < -0.3 is 19.5 Å². The molecule has 1 aliphatic rings. The van der Waals surface area contributed by atoms with E-state index in [1.807, 2.05) is 13.0 Å². The van der Waals surface area contributed by atoms with Crippen LogP contribution in [0.2, 0.25) is 10.0 Å². The summed E-state index contributed by atoms with van der Waals surface area (Å²) >= 11 is 12.6. The van der Waals surface area contributed by atoms with Gasteiger partial charge in [0.2, 0.25) is 0 Å². The van der Waals surface area contributed by atoms with Crippen molar-refractivity contribution in [3.63, 3.8) is 0 Å². The van der Waals surface area contributed by atoms with Crippen molar-refractivity contribution in [2.45, 2.75) is 26.5 Å². The first-order chi connectivity index (χ1) is 15.1. The molecule has 8 heteroatoms. The predicted octanol–water partition coefficient (Wildman–Crippen LogP) is 4.92. The Bertz CT molecular complexity index is 828. The largest absolute Gasteiger partial charge is 0.490 e. The van der Waals surface area contributed by atoms with Gasteiger partial charge in [0.25, 0.3) is 0 Å². The summed E-state index contributed by atoms with van der Waals surface area (Å²) in [5.41, 5.74) is 1.22. The Hall–Kier alpha value is -1.57. The molecule has 0 saturated carbocycles. The zero-order valence-corrected chi connectivity index (χ0v) is 19.3. The second-order valence-electron chi connectivity index (χ2n) is 7.30. The highest BCUT2D eigenvalue weighted by Crippen LogP contribution is 2.35. The Morgan fingerprint density at radius 3 is 2.61 bits per heavy atom. The summed E-state index contributed by atoms with van der Waals surface area (Å²) in [4.78, 5) is 2.42. The van der Waals surface area contributed by atoms with Crippen LogP contribution in [-0.2, 0) is 17.9 Å². The first kappa shape index (κ1) is 24.1. The van der Waals surface area contributed by atoms with Crippen LogP contribution in [0.4, 0.5) is 4.39 Å². The molecule has 0 spiro atoms. The molecular weight excluding hydrogens is 442 g/mol. The summed E-state index contributed by atoms with van der Waals surface area (Å²) < 4.78 is 30.9. The maximum atomic E-state index is 14.0. The van der Waals surface area contributed by atoms with E-state index in [4.69, 9.17) is 37.4 Å². The molecule has 1 fully saturated rings. The molecule has 1 saturated heterocycles. The van der Waals surface area contributed by atoms with Crippen molar-refractivity contribution in [1.29, 1.82) is 0 Å². The van der Waals surface area contributed by atoms with E-state index in [-0.39, 0.29) is 6.61 Å². The summed E-state index contributed by atoms with van der Waals surface area (Å²) in [6.45, 7) is 8.58. The Labute approximate surface area is 193 Å². The Balaban J connectivity index is 1.56. The van der Waals surface area contributed by atoms with Gasteiger partial charge in [-0.05, 0) is 50.2 Å². The third kappa shape index (κ3) is 7.22. The number of halogens is 3. The minimum absolute atomic E-state index is 0.0129. The van der Waals surface area contributed by atoms with E-state index < -0.39 is 5.82 Å². The standard InChI is InChI=1S/C23H29Cl2FN2O3/c1-2-30-22-13-17(15-27-7-4-8-28-9-11-29-12-10-28)20(25)14-23(22)31-16-18-19(24)5-3-6-21(18)26/h3,5-6,13-14,27H,2,4,7-12,15-16H2,1H3. The van der Waals surface area contributed by atoms with E-state index in [0.717, 1.165) is 51.4 Å². The van der Waals surface area contributed by atoms with Gasteiger partial charge in [0.15, 0.2) is 11.5 Å². The van der Waals surface area contributed by atoms with Crippen LogP contribution in [0.15, 0.2) is 30.3 Å². The van der Waals surface area contributed by atoms with E-state index in [9.17, 15) is 4.39 Å². The highest BCUT2D eigenvalue weighted by Gasteiger charge is 2.14. The molecule has 170 valence electrons. The number of rotatable bonds is 11. The fourth-order valence-electron chi connectivity index (χ4n) is 3.39. The fourth-order valence-corrected chi connectivity index (χ4v) is 3.83. The minimum Gasteiger partial charge on any atom is -0.490 e. The van der Waals surface area contributed by atoms with Crippen molar-refractivity contribution < 1.29 is 18.6 Å². The third-order valence-corrected chi connectivity index (χ3v) is 5.80. The minimum atomic E-state index is -0.408. The summed E-state index contributed by atoms with van der Waals surface area (Å²) in [6.07, 6.45) is 1.06. The van der Waals surface area contributed by atoms with Crippen LogP contribution in [-0.4, -0.2) is 50.9 Å². The van der Waals surface area contributed by atoms with Crippen molar-refractivity contribution in [3.8, 4) is 11.5 Å². The van der Waals surface area contributed by atoms with Crippen LogP contribution in [0, 0.1) is 5.82 Å². The summed E-state index contributed by atoms with van der Waals surface area (Å²) in [7, 11) is 0. The molecule has 1 N–H and O–H groups in total. The van der Waals surface area contributed by atoms with Crippen LogP contribution in [0.25, 0.3) is 0 Å². The average molecular weight is 471 g/mol. The highest BCUT2D eigenvalue weighted by molar-refractivity contribution is 6.31. The molecule has 1 heterocycles. The van der Waals surface area contributed by atoms with Crippen LogP contribution in [0.1, 0.15) is 24.5 Å². The number of ether oxygens (including phenoxy) is 3. The van der Waals surface area contributed by atoms with Crippen LogP contribution in [0.3, 0.4) is 0 Å². The highest BCUT2D eigenvalue weighted by atomic mass is 35.5. The van der Waals surface area contributed by atoms with Crippen molar-refractivity contribution in [2.75, 3.05) is 46.0 Å². The predicted molar refractivity (Wildman–Crippen MR) is 122 cm³/mol. The van der Waals surface area contributed by atoms with Crippen molar-refractivity contribution in [1.82, 2.24) is 10.2 Å². The fraction of sp³-hybridized carbons (Fsp3) is 0.478. The molecule has 0 amide bonds. The van der Waals surface area contributed by atoms with E-state index in [1.54, 1.807) is 18.2 Å². The lowest BCUT2D eigenvalue weighted by atomic mass is 10.2. The number of nitrogens with zero attached hydrogens (tertiary/aromatic N) is 1. The molecule has 2 aromatic rings. The number of hydrogen-bond acceptors (Lipinski definition) is 5. The summed E-state index contributed by atoms with van der Waals surface area (Å²) in [5.74, 6) is 0.626. The zero-order valence-electron chi connectivity index (χ0n) is 17.8. The first-order valence-corrected chi connectivity index (χ1v) is 11.4. The van der Waals surface area contributed by atoms with E-state index >= 15 is 0 Å². The number of hydrogen-bond donors (Lipinski definition) is 1. The smallest absolute Gasteiger partial charge is 0.163 e. The molecule has 0 bridgehead atoms. The second kappa shape index (κ2) is 12.5. The molecular formula is C23H29Cl2FN2O3. The van der Waals surface area contributed by atoms with Gasteiger partial charge >= 0.3 is 0 Å². The van der Waals surface area contributed by atoms with Crippen molar-refractivity contribution in [3.05, 3.63) is 57.3 Å². The van der Waals surface area contributed by atoms with E-state index in [1.165, 1.54) is 6.07 Å². The van der Waals surface area contributed by atoms with Crippen LogP contribution < -0.4 is 14.8 Å². The van der Waals surface area contributed by atoms with Crippen molar-refractivity contribution >= 4 is 23.2 Å². The second-order valence-corrected chi connectivity index (χ2v) is 8.11. The molecule has 5 nitrogen and oxygen atoms in total. The Morgan fingerprint density at radius 1 is 1.10 bits per heavy atom.